The predicted molar refractivity (Wildman–Crippen MR) is 71.7 cm³/mol. The normalized spacial score (nSPS) is 17.9. The number of carbonyl (C=O) groups excluding carboxylic acids is 1. The highest BCUT2D eigenvalue weighted by molar-refractivity contribution is 6.06. The lowest BCUT2D eigenvalue weighted by Crippen LogP contribution is -2.38. The molecule has 1 aliphatic rings. The second kappa shape index (κ2) is 4.78. The maximum atomic E-state index is 12.5. The largest absolute Gasteiger partial charge is 0.324 e. The summed E-state index contributed by atoms with van der Waals surface area (Å²) in [5, 5.41) is 0. The lowest BCUT2D eigenvalue weighted by molar-refractivity contribution is 0.0983. The molecule has 19 heavy (non-hydrogen) atoms. The van der Waals surface area contributed by atoms with Gasteiger partial charge in [0.1, 0.15) is 6.33 Å². The molecule has 96 valence electrons. The molecule has 1 aliphatic heterocycles. The zero-order valence-corrected chi connectivity index (χ0v) is 10.4. The first-order chi connectivity index (χ1) is 9.27. The maximum absolute atomic E-state index is 12.5. The summed E-state index contributed by atoms with van der Waals surface area (Å²) >= 11 is 0. The van der Waals surface area contributed by atoms with Crippen molar-refractivity contribution in [2.45, 2.75) is 12.5 Å². The number of nitrogens with zero attached hydrogens (tertiary/aromatic N) is 3. The van der Waals surface area contributed by atoms with Crippen LogP contribution in [-0.2, 0) is 0 Å². The minimum Gasteiger partial charge on any atom is -0.324 e. The van der Waals surface area contributed by atoms with E-state index in [1.165, 1.54) is 18.7 Å². The van der Waals surface area contributed by atoms with Gasteiger partial charge >= 0.3 is 0 Å². The number of benzene rings is 1. The molecule has 0 radical (unpaired) electrons. The molecule has 0 spiro atoms. The van der Waals surface area contributed by atoms with Crippen LogP contribution in [0.2, 0.25) is 0 Å². The van der Waals surface area contributed by atoms with Crippen LogP contribution in [0, 0.1) is 0 Å². The van der Waals surface area contributed by atoms with E-state index in [0.29, 0.717) is 12.1 Å². The molecular weight excluding hydrogens is 240 g/mol. The predicted octanol–water partition coefficient (Wildman–Crippen LogP) is 1.53. The molecule has 1 aromatic heterocycles. The topological polar surface area (TPSA) is 72.1 Å². The van der Waals surface area contributed by atoms with Gasteiger partial charge in [0.25, 0.3) is 5.91 Å². The summed E-state index contributed by atoms with van der Waals surface area (Å²) in [6, 6.07) is 7.75. The highest BCUT2D eigenvalue weighted by Crippen LogP contribution is 2.32. The average molecular weight is 254 g/mol. The smallest absolute Gasteiger partial charge is 0.261 e. The van der Waals surface area contributed by atoms with Gasteiger partial charge in [0, 0.05) is 30.7 Å². The standard InChI is InChI=1S/C14H14N4O/c15-12-5-6-18(13-4-2-1-3-11(12)13)14(19)10-7-16-9-17-8-10/h1-4,7-9,12H,5-6,15H2. The van der Waals surface area contributed by atoms with Gasteiger partial charge in [0.15, 0.2) is 0 Å². The Morgan fingerprint density at radius 2 is 2.00 bits per heavy atom. The van der Waals surface area contributed by atoms with E-state index in [1.54, 1.807) is 4.90 Å². The summed E-state index contributed by atoms with van der Waals surface area (Å²) in [6.45, 7) is 0.617. The van der Waals surface area contributed by atoms with Crippen LogP contribution in [0.5, 0.6) is 0 Å². The van der Waals surface area contributed by atoms with Crippen molar-refractivity contribution in [2.75, 3.05) is 11.4 Å². The van der Waals surface area contributed by atoms with Crippen LogP contribution in [0.25, 0.3) is 0 Å². The second-order valence-corrected chi connectivity index (χ2v) is 4.54. The third kappa shape index (κ3) is 2.08. The lowest BCUT2D eigenvalue weighted by Gasteiger charge is -2.32. The Bertz CT molecular complexity index is 599. The fraction of sp³-hybridized carbons (Fsp3) is 0.214. The average Bonchev–Trinajstić information content (AvgIpc) is 2.48. The van der Waals surface area contributed by atoms with Crippen molar-refractivity contribution < 1.29 is 4.79 Å². The zero-order chi connectivity index (χ0) is 13.2. The molecule has 5 heteroatoms. The fourth-order valence-corrected chi connectivity index (χ4v) is 2.37. The minimum absolute atomic E-state index is 0.00715. The van der Waals surface area contributed by atoms with Crippen molar-refractivity contribution in [3.8, 4) is 0 Å². The highest BCUT2D eigenvalue weighted by Gasteiger charge is 2.27. The van der Waals surface area contributed by atoms with Gasteiger partial charge in [0.05, 0.1) is 5.56 Å². The van der Waals surface area contributed by atoms with Crippen LogP contribution in [0.1, 0.15) is 28.4 Å². The Morgan fingerprint density at radius 1 is 1.26 bits per heavy atom. The van der Waals surface area contributed by atoms with Crippen LogP contribution < -0.4 is 10.6 Å². The number of amides is 1. The van der Waals surface area contributed by atoms with E-state index >= 15 is 0 Å². The molecule has 2 heterocycles. The number of fused-ring (bicyclic) bond motifs is 1. The van der Waals surface area contributed by atoms with Gasteiger partial charge in [0.2, 0.25) is 0 Å². The second-order valence-electron chi connectivity index (χ2n) is 4.54. The van der Waals surface area contributed by atoms with E-state index < -0.39 is 0 Å². The molecule has 1 amide bonds. The summed E-state index contributed by atoms with van der Waals surface area (Å²) < 4.78 is 0. The summed E-state index contributed by atoms with van der Waals surface area (Å²) in [6.07, 6.45) is 5.24. The molecule has 3 rings (SSSR count). The number of hydrogen-bond donors (Lipinski definition) is 1. The van der Waals surface area contributed by atoms with Gasteiger partial charge in [-0.15, -0.1) is 0 Å². The molecule has 0 fully saturated rings. The Morgan fingerprint density at radius 3 is 2.79 bits per heavy atom. The summed E-state index contributed by atoms with van der Waals surface area (Å²) in [5.74, 6) is -0.0834. The molecule has 2 N–H and O–H groups in total. The van der Waals surface area contributed by atoms with E-state index in [0.717, 1.165) is 17.7 Å². The minimum atomic E-state index is -0.0834. The van der Waals surface area contributed by atoms with E-state index in [-0.39, 0.29) is 11.9 Å². The zero-order valence-electron chi connectivity index (χ0n) is 10.4. The van der Waals surface area contributed by atoms with Crippen LogP contribution in [-0.4, -0.2) is 22.4 Å². The first-order valence-electron chi connectivity index (χ1n) is 6.19. The summed E-state index contributed by atoms with van der Waals surface area (Å²) in [7, 11) is 0. The van der Waals surface area contributed by atoms with Crippen molar-refractivity contribution in [2.24, 2.45) is 5.73 Å². The molecule has 0 saturated heterocycles. The Kier molecular flexibility index (Phi) is 2.97. The molecule has 1 aromatic carbocycles. The van der Waals surface area contributed by atoms with Crippen molar-refractivity contribution in [1.82, 2.24) is 9.97 Å². The molecule has 0 saturated carbocycles. The Labute approximate surface area is 111 Å². The number of nitrogens with two attached hydrogens (primary N) is 1. The maximum Gasteiger partial charge on any atom is 0.261 e. The number of anilines is 1. The Hall–Kier alpha value is -2.27. The summed E-state index contributed by atoms with van der Waals surface area (Å²) in [4.78, 5) is 22.0. The van der Waals surface area contributed by atoms with E-state index in [4.69, 9.17) is 5.73 Å². The number of aromatic nitrogens is 2. The molecule has 2 aromatic rings. The van der Waals surface area contributed by atoms with E-state index in [9.17, 15) is 4.79 Å². The van der Waals surface area contributed by atoms with E-state index in [1.807, 2.05) is 24.3 Å². The molecule has 1 atom stereocenters. The monoisotopic (exact) mass is 254 g/mol. The fourth-order valence-electron chi connectivity index (χ4n) is 2.37. The third-order valence-corrected chi connectivity index (χ3v) is 3.34. The third-order valence-electron chi connectivity index (χ3n) is 3.34. The summed E-state index contributed by atoms with van der Waals surface area (Å²) in [5.41, 5.74) is 8.48. The number of carbonyl (C=O) groups is 1. The van der Waals surface area contributed by atoms with Gasteiger partial charge in [-0.2, -0.15) is 0 Å². The molecule has 0 bridgehead atoms. The lowest BCUT2D eigenvalue weighted by atomic mass is 9.97. The van der Waals surface area contributed by atoms with Crippen LogP contribution >= 0.6 is 0 Å². The molecule has 5 nitrogen and oxygen atoms in total. The van der Waals surface area contributed by atoms with Gasteiger partial charge in [-0.05, 0) is 18.1 Å². The highest BCUT2D eigenvalue weighted by atomic mass is 16.2. The SMILES string of the molecule is NC1CCN(C(=O)c2cncnc2)c2ccccc21. The van der Waals surface area contributed by atoms with Gasteiger partial charge in [-0.25, -0.2) is 9.97 Å². The number of hydrogen-bond acceptors (Lipinski definition) is 4. The number of para-hydroxylation sites is 1. The van der Waals surface area contributed by atoms with E-state index in [2.05, 4.69) is 9.97 Å². The Balaban J connectivity index is 1.99. The molecular formula is C14H14N4O. The van der Waals surface area contributed by atoms with Crippen molar-refractivity contribution >= 4 is 11.6 Å². The first-order valence-corrected chi connectivity index (χ1v) is 6.19. The molecule has 1 unspecified atom stereocenters. The van der Waals surface area contributed by atoms with Gasteiger partial charge in [-0.3, -0.25) is 4.79 Å². The van der Waals surface area contributed by atoms with Gasteiger partial charge < -0.3 is 10.6 Å². The number of rotatable bonds is 1. The van der Waals surface area contributed by atoms with Crippen molar-refractivity contribution in [3.05, 3.63) is 54.1 Å². The van der Waals surface area contributed by atoms with Crippen molar-refractivity contribution in [3.63, 3.8) is 0 Å². The van der Waals surface area contributed by atoms with Gasteiger partial charge in [-0.1, -0.05) is 18.2 Å². The molecule has 0 aliphatic carbocycles. The van der Waals surface area contributed by atoms with Crippen LogP contribution in [0.15, 0.2) is 43.0 Å². The van der Waals surface area contributed by atoms with Crippen LogP contribution in [0.4, 0.5) is 5.69 Å². The van der Waals surface area contributed by atoms with Crippen molar-refractivity contribution in [1.29, 1.82) is 0 Å². The van der Waals surface area contributed by atoms with Crippen LogP contribution in [0.3, 0.4) is 0 Å². The first kappa shape index (κ1) is 11.8. The quantitative estimate of drug-likeness (QED) is 0.837.